The molecule has 1 aliphatic rings. The monoisotopic (exact) mass is 398 g/mol. The van der Waals surface area contributed by atoms with Gasteiger partial charge in [-0.2, -0.15) is 0 Å². The number of carbonyl (C=O) groups is 3. The van der Waals surface area contributed by atoms with Gasteiger partial charge in [-0.15, -0.1) is 0 Å². The Bertz CT molecular complexity index is 832. The van der Waals surface area contributed by atoms with Crippen LogP contribution in [0.15, 0.2) is 54.6 Å². The minimum absolute atomic E-state index is 0.109. The zero-order chi connectivity index (χ0) is 20.5. The highest BCUT2D eigenvalue weighted by atomic mass is 16.5. The Morgan fingerprint density at radius 2 is 1.79 bits per heavy atom. The van der Waals surface area contributed by atoms with Gasteiger partial charge in [-0.3, -0.25) is 10.1 Å². The Balaban J connectivity index is 1.39. The third kappa shape index (κ3) is 6.62. The van der Waals surface area contributed by atoms with Gasteiger partial charge in [0.05, 0.1) is 11.7 Å². The summed E-state index contributed by atoms with van der Waals surface area (Å²) in [7, 11) is 0. The van der Waals surface area contributed by atoms with Crippen LogP contribution < -0.4 is 15.4 Å². The standard InChI is InChI=1S/C21H22N2O6/c24-19(23-21(26)22-16-5-2-1-3-6-16)14-29-20(25)15-8-10-17(11-9-15)28-13-18-7-4-12-27-18/h1-3,5-6,8-11,18H,4,7,12-14H2,(H2,22,23,24,26)/t18-/m0/s1. The van der Waals surface area contributed by atoms with E-state index in [0.29, 0.717) is 18.0 Å². The third-order valence-corrected chi connectivity index (χ3v) is 4.17. The molecular weight excluding hydrogens is 376 g/mol. The van der Waals surface area contributed by atoms with E-state index in [0.717, 1.165) is 19.4 Å². The summed E-state index contributed by atoms with van der Waals surface area (Å²) >= 11 is 0. The Morgan fingerprint density at radius 1 is 1.03 bits per heavy atom. The molecule has 3 rings (SSSR count). The fraction of sp³-hybridized carbons (Fsp3) is 0.286. The maximum Gasteiger partial charge on any atom is 0.338 e. The molecule has 0 radical (unpaired) electrons. The van der Waals surface area contributed by atoms with Crippen LogP contribution >= 0.6 is 0 Å². The maximum absolute atomic E-state index is 12.0. The molecule has 0 saturated carbocycles. The van der Waals surface area contributed by atoms with E-state index in [2.05, 4.69) is 10.6 Å². The van der Waals surface area contributed by atoms with Crippen LogP contribution in [-0.4, -0.2) is 43.8 Å². The number of nitrogens with one attached hydrogen (secondary N) is 2. The summed E-state index contributed by atoms with van der Waals surface area (Å²) in [5.41, 5.74) is 0.813. The number of rotatable bonds is 7. The summed E-state index contributed by atoms with van der Waals surface area (Å²) in [6.07, 6.45) is 2.13. The van der Waals surface area contributed by atoms with Crippen LogP contribution in [0.1, 0.15) is 23.2 Å². The zero-order valence-corrected chi connectivity index (χ0v) is 15.8. The lowest BCUT2D eigenvalue weighted by atomic mass is 10.2. The largest absolute Gasteiger partial charge is 0.491 e. The summed E-state index contributed by atoms with van der Waals surface area (Å²) in [6, 6.07) is 14.4. The number of hydrogen-bond acceptors (Lipinski definition) is 6. The maximum atomic E-state index is 12.0. The predicted molar refractivity (Wildman–Crippen MR) is 105 cm³/mol. The van der Waals surface area contributed by atoms with E-state index in [1.165, 1.54) is 0 Å². The first-order chi connectivity index (χ1) is 14.1. The number of hydrogen-bond donors (Lipinski definition) is 2. The van der Waals surface area contributed by atoms with Crippen molar-refractivity contribution in [1.29, 1.82) is 0 Å². The summed E-state index contributed by atoms with van der Waals surface area (Å²) in [6.45, 7) is 0.660. The fourth-order valence-electron chi connectivity index (χ4n) is 2.71. The Kier molecular flexibility index (Phi) is 7.18. The van der Waals surface area contributed by atoms with Crippen molar-refractivity contribution in [3.05, 3.63) is 60.2 Å². The molecule has 0 aliphatic carbocycles. The van der Waals surface area contributed by atoms with Crippen LogP contribution in [-0.2, 0) is 14.3 Å². The van der Waals surface area contributed by atoms with Crippen molar-refractivity contribution in [1.82, 2.24) is 5.32 Å². The lowest BCUT2D eigenvalue weighted by Crippen LogP contribution is -2.37. The summed E-state index contributed by atoms with van der Waals surface area (Å²) in [5, 5.41) is 4.59. The molecule has 8 heteroatoms. The van der Waals surface area contributed by atoms with E-state index < -0.39 is 24.5 Å². The molecule has 1 fully saturated rings. The number of ether oxygens (including phenoxy) is 3. The van der Waals surface area contributed by atoms with Gasteiger partial charge in [0.1, 0.15) is 12.4 Å². The number of urea groups is 1. The molecule has 8 nitrogen and oxygen atoms in total. The number of imide groups is 1. The number of carbonyl (C=O) groups excluding carboxylic acids is 3. The molecule has 1 atom stereocenters. The molecule has 1 heterocycles. The minimum atomic E-state index is -0.733. The van der Waals surface area contributed by atoms with Gasteiger partial charge >= 0.3 is 12.0 Å². The van der Waals surface area contributed by atoms with Gasteiger partial charge < -0.3 is 19.5 Å². The molecule has 0 spiro atoms. The van der Waals surface area contributed by atoms with Crippen LogP contribution in [0, 0.1) is 0 Å². The average Bonchev–Trinajstić information content (AvgIpc) is 3.25. The second-order valence-corrected chi connectivity index (χ2v) is 6.41. The second-order valence-electron chi connectivity index (χ2n) is 6.41. The van der Waals surface area contributed by atoms with Crippen molar-refractivity contribution in [3.63, 3.8) is 0 Å². The minimum Gasteiger partial charge on any atom is -0.491 e. The molecule has 0 aromatic heterocycles. The van der Waals surface area contributed by atoms with Crippen molar-refractivity contribution in [2.45, 2.75) is 18.9 Å². The highest BCUT2D eigenvalue weighted by molar-refractivity contribution is 6.02. The lowest BCUT2D eigenvalue weighted by Gasteiger charge is -2.11. The summed E-state index contributed by atoms with van der Waals surface area (Å²) < 4.78 is 16.0. The highest BCUT2D eigenvalue weighted by Crippen LogP contribution is 2.17. The van der Waals surface area contributed by atoms with Crippen molar-refractivity contribution in [2.24, 2.45) is 0 Å². The normalized spacial score (nSPS) is 15.4. The highest BCUT2D eigenvalue weighted by Gasteiger charge is 2.16. The Hall–Kier alpha value is -3.39. The first-order valence-electron chi connectivity index (χ1n) is 9.27. The van der Waals surface area contributed by atoms with Crippen molar-refractivity contribution in [3.8, 4) is 5.75 Å². The average molecular weight is 398 g/mol. The molecule has 0 bridgehead atoms. The second kappa shape index (κ2) is 10.2. The van der Waals surface area contributed by atoms with Crippen LogP contribution in [0.5, 0.6) is 5.75 Å². The molecular formula is C21H22N2O6. The molecule has 2 N–H and O–H groups in total. The first kappa shape index (κ1) is 20.3. The van der Waals surface area contributed by atoms with E-state index in [1.54, 1.807) is 54.6 Å². The molecule has 3 amide bonds. The van der Waals surface area contributed by atoms with Crippen molar-refractivity contribution >= 4 is 23.6 Å². The van der Waals surface area contributed by atoms with Gasteiger partial charge in [-0.25, -0.2) is 9.59 Å². The number of para-hydroxylation sites is 1. The molecule has 29 heavy (non-hydrogen) atoms. The van der Waals surface area contributed by atoms with Crippen molar-refractivity contribution < 1.29 is 28.6 Å². The topological polar surface area (TPSA) is 103 Å². The quantitative estimate of drug-likeness (QED) is 0.695. The molecule has 2 aromatic carbocycles. The van der Waals surface area contributed by atoms with Crippen LogP contribution in [0.3, 0.4) is 0 Å². The predicted octanol–water partition coefficient (Wildman–Crippen LogP) is 2.75. The van der Waals surface area contributed by atoms with Gasteiger partial charge in [0.25, 0.3) is 5.91 Å². The smallest absolute Gasteiger partial charge is 0.338 e. The molecule has 1 saturated heterocycles. The van der Waals surface area contributed by atoms with Gasteiger partial charge in [-0.1, -0.05) is 18.2 Å². The van der Waals surface area contributed by atoms with E-state index >= 15 is 0 Å². The number of anilines is 1. The molecule has 1 aliphatic heterocycles. The SMILES string of the molecule is O=C(COC(=O)c1ccc(OC[C@@H]2CCCO2)cc1)NC(=O)Nc1ccccc1. The van der Waals surface area contributed by atoms with Gasteiger partial charge in [0.15, 0.2) is 6.61 Å². The van der Waals surface area contributed by atoms with Crippen LogP contribution in [0.25, 0.3) is 0 Å². The van der Waals surface area contributed by atoms with Crippen LogP contribution in [0.2, 0.25) is 0 Å². The molecule has 152 valence electrons. The summed E-state index contributed by atoms with van der Waals surface area (Å²) in [5.74, 6) is -0.787. The van der Waals surface area contributed by atoms with Crippen molar-refractivity contribution in [2.75, 3.05) is 25.1 Å². The van der Waals surface area contributed by atoms with Gasteiger partial charge in [-0.05, 0) is 49.2 Å². The molecule has 2 aromatic rings. The van der Waals surface area contributed by atoms with E-state index in [1.807, 2.05) is 0 Å². The molecule has 0 unspecified atom stereocenters. The van der Waals surface area contributed by atoms with Crippen LogP contribution in [0.4, 0.5) is 10.5 Å². The third-order valence-electron chi connectivity index (χ3n) is 4.17. The fourth-order valence-corrected chi connectivity index (χ4v) is 2.71. The van der Waals surface area contributed by atoms with Gasteiger partial charge in [0, 0.05) is 12.3 Å². The Labute approximate surface area is 168 Å². The lowest BCUT2D eigenvalue weighted by molar-refractivity contribution is -0.123. The first-order valence-corrected chi connectivity index (χ1v) is 9.27. The van der Waals surface area contributed by atoms with E-state index in [-0.39, 0.29) is 11.7 Å². The number of esters is 1. The summed E-state index contributed by atoms with van der Waals surface area (Å²) in [4.78, 5) is 35.5. The van der Waals surface area contributed by atoms with E-state index in [9.17, 15) is 14.4 Å². The Morgan fingerprint density at radius 3 is 2.48 bits per heavy atom. The number of benzene rings is 2. The zero-order valence-electron chi connectivity index (χ0n) is 15.8. The van der Waals surface area contributed by atoms with Gasteiger partial charge in [0.2, 0.25) is 0 Å². The van der Waals surface area contributed by atoms with E-state index in [4.69, 9.17) is 14.2 Å². The number of amides is 3.